The van der Waals surface area contributed by atoms with E-state index in [4.69, 9.17) is 22.4 Å². The van der Waals surface area contributed by atoms with Crippen LogP contribution in [0.2, 0.25) is 5.02 Å². The number of benzene rings is 1. The number of halogens is 1. The molecule has 0 saturated heterocycles. The Morgan fingerprint density at radius 2 is 2.06 bits per heavy atom. The first-order valence-electron chi connectivity index (χ1n) is 5.52. The van der Waals surface area contributed by atoms with E-state index in [9.17, 15) is 15.0 Å². The number of carboxylic acid groups (broad SMARTS) is 1. The number of carbonyl (C=O) groups is 1. The van der Waals surface area contributed by atoms with Gasteiger partial charge in [-0.3, -0.25) is 4.79 Å². The van der Waals surface area contributed by atoms with Gasteiger partial charge in [0.2, 0.25) is 0 Å². The normalized spacial score (nSPS) is 14.2. The molecule has 6 heteroatoms. The molecule has 0 aliphatic carbocycles. The van der Waals surface area contributed by atoms with E-state index >= 15 is 0 Å². The SMILES string of the molecule is NCCC(O)C(O)c1cc(Cl)ccc1CC(=O)O. The maximum Gasteiger partial charge on any atom is 0.307 e. The first-order chi connectivity index (χ1) is 8.45. The fourth-order valence-electron chi connectivity index (χ4n) is 1.70. The summed E-state index contributed by atoms with van der Waals surface area (Å²) in [5.41, 5.74) is 6.05. The van der Waals surface area contributed by atoms with Crippen molar-refractivity contribution in [2.75, 3.05) is 6.54 Å². The molecule has 1 aromatic carbocycles. The lowest BCUT2D eigenvalue weighted by Gasteiger charge is -2.20. The highest BCUT2D eigenvalue weighted by Crippen LogP contribution is 2.26. The maximum atomic E-state index is 10.7. The number of hydrogen-bond acceptors (Lipinski definition) is 4. The quantitative estimate of drug-likeness (QED) is 0.611. The van der Waals surface area contributed by atoms with Crippen LogP contribution in [0.4, 0.5) is 0 Å². The molecule has 0 amide bonds. The van der Waals surface area contributed by atoms with Crippen molar-refractivity contribution in [2.45, 2.75) is 25.0 Å². The van der Waals surface area contributed by atoms with E-state index in [1.165, 1.54) is 12.1 Å². The van der Waals surface area contributed by atoms with Crippen molar-refractivity contribution < 1.29 is 20.1 Å². The Morgan fingerprint density at radius 1 is 1.39 bits per heavy atom. The molecule has 1 rings (SSSR count). The molecule has 5 nitrogen and oxygen atoms in total. The molecule has 0 bridgehead atoms. The first-order valence-corrected chi connectivity index (χ1v) is 5.89. The van der Waals surface area contributed by atoms with Gasteiger partial charge in [0.1, 0.15) is 6.10 Å². The van der Waals surface area contributed by atoms with E-state index in [2.05, 4.69) is 0 Å². The zero-order valence-electron chi connectivity index (χ0n) is 9.71. The van der Waals surface area contributed by atoms with Crippen LogP contribution in [0, 0.1) is 0 Å². The number of nitrogens with two attached hydrogens (primary N) is 1. The van der Waals surface area contributed by atoms with Crippen LogP contribution in [0.25, 0.3) is 0 Å². The van der Waals surface area contributed by atoms with Gasteiger partial charge in [0.05, 0.1) is 12.5 Å². The number of aliphatic hydroxyl groups excluding tert-OH is 2. The topological polar surface area (TPSA) is 104 Å². The predicted molar refractivity (Wildman–Crippen MR) is 67.4 cm³/mol. The van der Waals surface area contributed by atoms with Crippen LogP contribution in [0.3, 0.4) is 0 Å². The molecule has 0 radical (unpaired) electrons. The lowest BCUT2D eigenvalue weighted by atomic mass is 9.95. The van der Waals surface area contributed by atoms with Crippen molar-refractivity contribution in [1.82, 2.24) is 0 Å². The second-order valence-corrected chi connectivity index (χ2v) is 4.44. The van der Waals surface area contributed by atoms with Gasteiger partial charge >= 0.3 is 5.97 Å². The molecular formula is C12H16ClNO4. The first kappa shape index (κ1) is 14.9. The van der Waals surface area contributed by atoms with Crippen molar-refractivity contribution in [3.8, 4) is 0 Å². The molecule has 0 spiro atoms. The summed E-state index contributed by atoms with van der Waals surface area (Å²) in [6.45, 7) is 0.229. The van der Waals surface area contributed by atoms with Gasteiger partial charge in [0, 0.05) is 5.02 Å². The van der Waals surface area contributed by atoms with Crippen molar-refractivity contribution >= 4 is 17.6 Å². The van der Waals surface area contributed by atoms with Gasteiger partial charge in [-0.2, -0.15) is 0 Å². The van der Waals surface area contributed by atoms with Crippen molar-refractivity contribution in [1.29, 1.82) is 0 Å². The summed E-state index contributed by atoms with van der Waals surface area (Å²) >= 11 is 5.81. The highest BCUT2D eigenvalue weighted by Gasteiger charge is 2.21. The highest BCUT2D eigenvalue weighted by molar-refractivity contribution is 6.30. The molecular weight excluding hydrogens is 258 g/mol. The third-order valence-corrected chi connectivity index (χ3v) is 2.83. The molecule has 0 aliphatic heterocycles. The Kier molecular flexibility index (Phi) is 5.55. The molecule has 0 fully saturated rings. The van der Waals surface area contributed by atoms with Gasteiger partial charge in [-0.25, -0.2) is 0 Å². The van der Waals surface area contributed by atoms with Crippen molar-refractivity contribution in [3.05, 3.63) is 34.3 Å². The Morgan fingerprint density at radius 3 is 2.61 bits per heavy atom. The van der Waals surface area contributed by atoms with E-state index in [0.717, 1.165) is 0 Å². The Labute approximate surface area is 110 Å². The molecule has 0 aliphatic rings. The maximum absolute atomic E-state index is 10.7. The van der Waals surface area contributed by atoms with Crippen LogP contribution in [-0.2, 0) is 11.2 Å². The van der Waals surface area contributed by atoms with E-state index in [-0.39, 0.29) is 19.4 Å². The van der Waals surface area contributed by atoms with E-state index < -0.39 is 18.2 Å². The number of rotatable bonds is 6. The average molecular weight is 274 g/mol. The van der Waals surface area contributed by atoms with Crippen LogP contribution < -0.4 is 5.73 Å². The minimum atomic E-state index is -1.19. The monoisotopic (exact) mass is 273 g/mol. The second-order valence-electron chi connectivity index (χ2n) is 4.00. The van der Waals surface area contributed by atoms with E-state index in [1.54, 1.807) is 6.07 Å². The van der Waals surface area contributed by atoms with Crippen LogP contribution >= 0.6 is 11.6 Å². The molecule has 2 atom stereocenters. The van der Waals surface area contributed by atoms with Gasteiger partial charge in [0.15, 0.2) is 0 Å². The van der Waals surface area contributed by atoms with Crippen LogP contribution in [0.5, 0.6) is 0 Å². The number of aliphatic hydroxyl groups is 2. The summed E-state index contributed by atoms with van der Waals surface area (Å²) < 4.78 is 0. The van der Waals surface area contributed by atoms with Crippen LogP contribution in [0.1, 0.15) is 23.7 Å². The molecule has 2 unspecified atom stereocenters. The third kappa shape index (κ3) is 3.96. The van der Waals surface area contributed by atoms with Gasteiger partial charge in [0.25, 0.3) is 0 Å². The minimum Gasteiger partial charge on any atom is -0.481 e. The lowest BCUT2D eigenvalue weighted by molar-refractivity contribution is -0.136. The Hall–Kier alpha value is -1.14. The largest absolute Gasteiger partial charge is 0.481 e. The van der Waals surface area contributed by atoms with Crippen molar-refractivity contribution in [2.24, 2.45) is 5.73 Å². The van der Waals surface area contributed by atoms with Crippen LogP contribution in [-0.4, -0.2) is 33.9 Å². The summed E-state index contributed by atoms with van der Waals surface area (Å²) in [7, 11) is 0. The smallest absolute Gasteiger partial charge is 0.307 e. The molecule has 100 valence electrons. The Bertz CT molecular complexity index is 425. The van der Waals surface area contributed by atoms with Gasteiger partial charge < -0.3 is 21.1 Å². The fourth-order valence-corrected chi connectivity index (χ4v) is 1.88. The second kappa shape index (κ2) is 6.70. The molecule has 1 aromatic rings. The third-order valence-electron chi connectivity index (χ3n) is 2.60. The summed E-state index contributed by atoms with van der Waals surface area (Å²) in [4.78, 5) is 10.7. The number of carboxylic acids is 1. The molecule has 0 heterocycles. The van der Waals surface area contributed by atoms with Gasteiger partial charge in [-0.1, -0.05) is 17.7 Å². The average Bonchev–Trinajstić information content (AvgIpc) is 2.30. The summed E-state index contributed by atoms with van der Waals surface area (Å²) in [6, 6.07) is 4.54. The molecule has 18 heavy (non-hydrogen) atoms. The zero-order chi connectivity index (χ0) is 13.7. The summed E-state index contributed by atoms with van der Waals surface area (Å²) in [5, 5.41) is 28.8. The van der Waals surface area contributed by atoms with E-state index in [0.29, 0.717) is 16.1 Å². The summed E-state index contributed by atoms with van der Waals surface area (Å²) in [5.74, 6) is -1.01. The highest BCUT2D eigenvalue weighted by atomic mass is 35.5. The Balaban J connectivity index is 3.03. The van der Waals surface area contributed by atoms with Crippen molar-refractivity contribution in [3.63, 3.8) is 0 Å². The predicted octanol–water partition coefficient (Wildman–Crippen LogP) is 0.710. The fraction of sp³-hybridized carbons (Fsp3) is 0.417. The van der Waals surface area contributed by atoms with Gasteiger partial charge in [-0.15, -0.1) is 0 Å². The molecule has 5 N–H and O–H groups in total. The standard InChI is InChI=1S/C12H16ClNO4/c13-8-2-1-7(5-11(16)17)9(6-8)12(18)10(15)3-4-14/h1-2,6,10,12,15,18H,3-5,14H2,(H,16,17). The number of aliphatic carboxylic acids is 1. The molecule has 0 aromatic heterocycles. The minimum absolute atomic E-state index is 0.222. The number of hydrogen-bond donors (Lipinski definition) is 4. The van der Waals surface area contributed by atoms with E-state index in [1.807, 2.05) is 0 Å². The molecule has 0 saturated carbocycles. The summed E-state index contributed by atoms with van der Waals surface area (Å²) in [6.07, 6.45) is -2.25. The lowest BCUT2D eigenvalue weighted by Crippen LogP contribution is -2.23. The van der Waals surface area contributed by atoms with Gasteiger partial charge in [-0.05, 0) is 36.2 Å². The van der Waals surface area contributed by atoms with Crippen LogP contribution in [0.15, 0.2) is 18.2 Å². The zero-order valence-corrected chi connectivity index (χ0v) is 10.5.